The molecular weight excluding hydrogens is 445 g/mol. The number of rotatable bonds is 5. The summed E-state index contributed by atoms with van der Waals surface area (Å²) in [5.74, 6) is -0.601. The Morgan fingerprint density at radius 2 is 1.78 bits per heavy atom. The number of piperazine rings is 1. The number of anilines is 2. The van der Waals surface area contributed by atoms with Crippen LogP contribution in [0.15, 0.2) is 52.7 Å². The predicted octanol–water partition coefficient (Wildman–Crippen LogP) is 5.16. The molecule has 0 spiro atoms. The molecule has 2 N–H and O–H groups in total. The lowest BCUT2D eigenvalue weighted by Crippen LogP contribution is -2.54. The number of hydrogen-bond acceptors (Lipinski definition) is 5. The molecule has 0 saturated carbocycles. The van der Waals surface area contributed by atoms with Gasteiger partial charge in [0.2, 0.25) is 0 Å². The van der Waals surface area contributed by atoms with E-state index < -0.39 is 15.8 Å². The molecule has 0 radical (unpaired) electrons. The van der Waals surface area contributed by atoms with E-state index in [0.717, 1.165) is 34.8 Å². The van der Waals surface area contributed by atoms with Gasteiger partial charge in [-0.3, -0.25) is 4.72 Å². The molecule has 2 heterocycles. The van der Waals surface area contributed by atoms with Gasteiger partial charge in [-0.05, 0) is 86.2 Å². The first-order chi connectivity index (χ1) is 15.1. The Morgan fingerprint density at radius 3 is 2.41 bits per heavy atom. The molecule has 5 nitrogen and oxygen atoms in total. The Balaban J connectivity index is 1.60. The number of halogens is 1. The summed E-state index contributed by atoms with van der Waals surface area (Å²) in [5.41, 5.74) is 3.78. The van der Waals surface area contributed by atoms with E-state index in [9.17, 15) is 12.8 Å². The fourth-order valence-corrected chi connectivity index (χ4v) is 6.32. The lowest BCUT2D eigenvalue weighted by Gasteiger charge is -2.37. The largest absolute Gasteiger partial charge is 0.368 e. The van der Waals surface area contributed by atoms with E-state index >= 15 is 0 Å². The fraction of sp³-hybridized carbons (Fsp3) is 0.333. The maximum atomic E-state index is 14.5. The van der Waals surface area contributed by atoms with Gasteiger partial charge in [0.1, 0.15) is 5.82 Å². The molecule has 0 bridgehead atoms. The van der Waals surface area contributed by atoms with Crippen molar-refractivity contribution in [3.63, 3.8) is 0 Å². The predicted molar refractivity (Wildman–Crippen MR) is 131 cm³/mol. The van der Waals surface area contributed by atoms with Gasteiger partial charge < -0.3 is 10.2 Å². The second kappa shape index (κ2) is 8.84. The Hall–Kier alpha value is -2.42. The van der Waals surface area contributed by atoms with E-state index in [1.165, 1.54) is 11.6 Å². The topological polar surface area (TPSA) is 61.4 Å². The van der Waals surface area contributed by atoms with Crippen LogP contribution in [0.3, 0.4) is 0 Å². The van der Waals surface area contributed by atoms with E-state index in [1.807, 2.05) is 19.9 Å². The van der Waals surface area contributed by atoms with Crippen molar-refractivity contribution in [2.45, 2.75) is 44.7 Å². The lowest BCUT2D eigenvalue weighted by molar-refractivity contribution is 0.407. The number of aryl methyl sites for hydroxylation is 2. The summed E-state index contributed by atoms with van der Waals surface area (Å²) in [7, 11) is -3.94. The molecule has 4 rings (SSSR count). The SMILES string of the molecule is Cc1csc(-c2ccc(S(=O)(=O)Nc3cc(N4CC(C)NC(C)C4)ccc3F)cc2C)c1. The van der Waals surface area contributed by atoms with Crippen molar-refractivity contribution in [2.24, 2.45) is 0 Å². The maximum absolute atomic E-state index is 14.5. The van der Waals surface area contributed by atoms with Crippen LogP contribution >= 0.6 is 11.3 Å². The minimum atomic E-state index is -3.94. The highest BCUT2D eigenvalue weighted by molar-refractivity contribution is 7.92. The molecule has 3 aromatic rings. The lowest BCUT2D eigenvalue weighted by atomic mass is 10.1. The van der Waals surface area contributed by atoms with Crippen molar-refractivity contribution in [3.05, 3.63) is 64.8 Å². The summed E-state index contributed by atoms with van der Waals surface area (Å²) in [6.45, 7) is 9.65. The zero-order valence-corrected chi connectivity index (χ0v) is 20.3. The number of sulfonamides is 1. The molecule has 1 fully saturated rings. The van der Waals surface area contributed by atoms with E-state index in [-0.39, 0.29) is 22.7 Å². The first-order valence-corrected chi connectivity index (χ1v) is 13.0. The molecule has 1 aliphatic rings. The average Bonchev–Trinajstić information content (AvgIpc) is 3.14. The highest BCUT2D eigenvalue weighted by Crippen LogP contribution is 2.32. The number of thiophene rings is 1. The van der Waals surface area contributed by atoms with Crippen molar-refractivity contribution in [1.29, 1.82) is 0 Å². The minimum absolute atomic E-state index is 0.0445. The number of benzene rings is 2. The van der Waals surface area contributed by atoms with Gasteiger partial charge in [-0.15, -0.1) is 11.3 Å². The third-order valence-electron chi connectivity index (χ3n) is 5.62. The van der Waals surface area contributed by atoms with Gasteiger partial charge in [0.05, 0.1) is 10.6 Å². The number of hydrogen-bond donors (Lipinski definition) is 2. The van der Waals surface area contributed by atoms with Crippen LogP contribution in [0.4, 0.5) is 15.8 Å². The van der Waals surface area contributed by atoms with Gasteiger partial charge in [0, 0.05) is 35.7 Å². The van der Waals surface area contributed by atoms with Gasteiger partial charge >= 0.3 is 0 Å². The number of nitrogens with one attached hydrogen (secondary N) is 2. The zero-order chi connectivity index (χ0) is 23.0. The molecule has 2 aromatic carbocycles. The maximum Gasteiger partial charge on any atom is 0.261 e. The average molecular weight is 474 g/mol. The van der Waals surface area contributed by atoms with Gasteiger partial charge in [0.25, 0.3) is 10.0 Å². The zero-order valence-electron chi connectivity index (χ0n) is 18.6. The molecule has 1 aliphatic heterocycles. The molecule has 32 heavy (non-hydrogen) atoms. The molecule has 8 heteroatoms. The van der Waals surface area contributed by atoms with Crippen molar-refractivity contribution in [1.82, 2.24) is 5.32 Å². The van der Waals surface area contributed by atoms with E-state index in [1.54, 1.807) is 35.6 Å². The van der Waals surface area contributed by atoms with E-state index in [4.69, 9.17) is 0 Å². The summed E-state index contributed by atoms with van der Waals surface area (Å²) in [4.78, 5) is 3.35. The van der Waals surface area contributed by atoms with Gasteiger partial charge in [-0.1, -0.05) is 6.07 Å². The van der Waals surface area contributed by atoms with Crippen LogP contribution in [0.5, 0.6) is 0 Å². The molecule has 2 unspecified atom stereocenters. The standard InChI is InChI=1S/C24H28FN3O2S2/c1-15-9-24(31-14-15)21-7-6-20(10-16(21)2)32(29,30)27-23-11-19(5-8-22(23)25)28-12-17(3)26-18(4)13-28/h5-11,14,17-18,26-27H,12-13H2,1-4H3. The summed E-state index contributed by atoms with van der Waals surface area (Å²) in [6.07, 6.45) is 0. The monoisotopic (exact) mass is 473 g/mol. The molecule has 170 valence electrons. The summed E-state index contributed by atoms with van der Waals surface area (Å²) < 4.78 is 43.1. The normalized spacial score (nSPS) is 19.2. The molecular formula is C24H28FN3O2S2. The third-order valence-corrected chi connectivity index (χ3v) is 8.07. The Bertz CT molecular complexity index is 1230. The second-order valence-electron chi connectivity index (χ2n) is 8.61. The Labute approximate surface area is 193 Å². The Kier molecular flexibility index (Phi) is 6.29. The van der Waals surface area contributed by atoms with Crippen LogP contribution in [-0.4, -0.2) is 33.6 Å². The summed E-state index contributed by atoms with van der Waals surface area (Å²) in [5, 5.41) is 5.53. The molecule has 0 aliphatic carbocycles. The quantitative estimate of drug-likeness (QED) is 0.537. The first kappa shape index (κ1) is 22.8. The van der Waals surface area contributed by atoms with Crippen LogP contribution in [0.2, 0.25) is 0 Å². The van der Waals surface area contributed by atoms with Crippen LogP contribution < -0.4 is 14.9 Å². The van der Waals surface area contributed by atoms with Crippen molar-refractivity contribution < 1.29 is 12.8 Å². The molecule has 1 saturated heterocycles. The van der Waals surface area contributed by atoms with Crippen molar-refractivity contribution >= 4 is 32.7 Å². The van der Waals surface area contributed by atoms with Gasteiger partial charge in [0.15, 0.2) is 0 Å². The molecule has 2 atom stereocenters. The first-order valence-electron chi connectivity index (χ1n) is 10.6. The molecule has 1 aromatic heterocycles. The highest BCUT2D eigenvalue weighted by atomic mass is 32.2. The van der Waals surface area contributed by atoms with Crippen molar-refractivity contribution in [3.8, 4) is 10.4 Å². The van der Waals surface area contributed by atoms with Crippen LogP contribution in [0.25, 0.3) is 10.4 Å². The highest BCUT2D eigenvalue weighted by Gasteiger charge is 2.23. The number of nitrogens with zero attached hydrogens (tertiary/aromatic N) is 1. The van der Waals surface area contributed by atoms with Crippen LogP contribution in [0.1, 0.15) is 25.0 Å². The van der Waals surface area contributed by atoms with Crippen LogP contribution in [-0.2, 0) is 10.0 Å². The second-order valence-corrected chi connectivity index (χ2v) is 11.2. The van der Waals surface area contributed by atoms with Crippen LogP contribution in [0, 0.1) is 19.7 Å². The summed E-state index contributed by atoms with van der Waals surface area (Å²) in [6, 6.07) is 12.3. The third kappa shape index (κ3) is 4.82. The van der Waals surface area contributed by atoms with Gasteiger partial charge in [-0.25, -0.2) is 12.8 Å². The van der Waals surface area contributed by atoms with E-state index in [0.29, 0.717) is 0 Å². The Morgan fingerprint density at radius 1 is 1.06 bits per heavy atom. The fourth-order valence-electron chi connectivity index (χ4n) is 4.18. The van der Waals surface area contributed by atoms with E-state index in [2.05, 4.69) is 40.2 Å². The van der Waals surface area contributed by atoms with Crippen molar-refractivity contribution in [2.75, 3.05) is 22.7 Å². The smallest absolute Gasteiger partial charge is 0.261 e. The summed E-state index contributed by atoms with van der Waals surface area (Å²) >= 11 is 1.63. The van der Waals surface area contributed by atoms with Gasteiger partial charge in [-0.2, -0.15) is 0 Å². The minimum Gasteiger partial charge on any atom is -0.368 e. The molecule has 0 amide bonds.